The van der Waals surface area contributed by atoms with Gasteiger partial charge in [0.25, 0.3) is 5.91 Å². The van der Waals surface area contributed by atoms with Crippen molar-refractivity contribution in [2.75, 3.05) is 24.5 Å². The highest BCUT2D eigenvalue weighted by atomic mass is 16.2. The number of amides is 2. The third-order valence-electron chi connectivity index (χ3n) is 4.72. The van der Waals surface area contributed by atoms with E-state index in [2.05, 4.69) is 0 Å². The molecule has 0 saturated carbocycles. The molecule has 1 saturated heterocycles. The summed E-state index contributed by atoms with van der Waals surface area (Å²) in [5.74, 6) is 0.249. The molecule has 3 rings (SSSR count). The minimum Gasteiger partial charge on any atom is -0.339 e. The Bertz CT molecular complexity index is 574. The van der Waals surface area contributed by atoms with E-state index in [0.29, 0.717) is 6.42 Å². The lowest BCUT2D eigenvalue weighted by molar-refractivity contribution is -0.118. The summed E-state index contributed by atoms with van der Waals surface area (Å²) in [6, 6.07) is 5.86. The van der Waals surface area contributed by atoms with Crippen LogP contribution in [0, 0.1) is 0 Å². The highest BCUT2D eigenvalue weighted by Crippen LogP contribution is 2.30. The number of likely N-dealkylation sites (tertiary alicyclic amines) is 1. The lowest BCUT2D eigenvalue weighted by atomic mass is 10.1. The van der Waals surface area contributed by atoms with Crippen LogP contribution < -0.4 is 4.90 Å². The maximum absolute atomic E-state index is 12.7. The quantitative estimate of drug-likeness (QED) is 0.842. The topological polar surface area (TPSA) is 40.6 Å². The van der Waals surface area contributed by atoms with Gasteiger partial charge in [0.1, 0.15) is 0 Å². The van der Waals surface area contributed by atoms with Crippen molar-refractivity contribution in [2.24, 2.45) is 0 Å². The second-order valence-corrected chi connectivity index (χ2v) is 6.20. The first kappa shape index (κ1) is 15.1. The molecule has 1 aromatic carbocycles. The Labute approximate surface area is 132 Å². The summed E-state index contributed by atoms with van der Waals surface area (Å²) in [6.45, 7) is 4.33. The van der Waals surface area contributed by atoms with Gasteiger partial charge in [-0.15, -0.1) is 0 Å². The molecule has 0 aliphatic carbocycles. The van der Waals surface area contributed by atoms with Crippen LogP contribution in [0.4, 0.5) is 5.69 Å². The Morgan fingerprint density at radius 1 is 1.05 bits per heavy atom. The van der Waals surface area contributed by atoms with Crippen molar-refractivity contribution in [1.29, 1.82) is 0 Å². The normalized spacial score (nSPS) is 18.0. The first-order chi connectivity index (χ1) is 10.7. The molecule has 2 heterocycles. The molecule has 2 aliphatic heterocycles. The van der Waals surface area contributed by atoms with Gasteiger partial charge in [0.2, 0.25) is 5.91 Å². The maximum Gasteiger partial charge on any atom is 0.253 e. The number of hydrogen-bond acceptors (Lipinski definition) is 2. The Kier molecular flexibility index (Phi) is 4.46. The van der Waals surface area contributed by atoms with Gasteiger partial charge in [-0.25, -0.2) is 0 Å². The van der Waals surface area contributed by atoms with E-state index in [1.54, 1.807) is 0 Å². The van der Waals surface area contributed by atoms with Crippen molar-refractivity contribution in [2.45, 2.75) is 45.4 Å². The zero-order valence-electron chi connectivity index (χ0n) is 13.3. The number of anilines is 1. The first-order valence-corrected chi connectivity index (χ1v) is 8.43. The molecule has 0 radical (unpaired) electrons. The minimum atomic E-state index is 0.112. The third kappa shape index (κ3) is 2.87. The number of fused-ring (bicyclic) bond motifs is 1. The van der Waals surface area contributed by atoms with E-state index in [-0.39, 0.29) is 11.8 Å². The molecule has 4 heteroatoms. The number of benzene rings is 1. The van der Waals surface area contributed by atoms with E-state index in [1.165, 1.54) is 18.4 Å². The molecule has 0 N–H and O–H groups in total. The maximum atomic E-state index is 12.7. The lowest BCUT2D eigenvalue weighted by Crippen LogP contribution is -2.32. The van der Waals surface area contributed by atoms with Gasteiger partial charge in [-0.05, 0) is 37.0 Å². The van der Waals surface area contributed by atoms with Gasteiger partial charge in [-0.1, -0.05) is 25.8 Å². The molecular formula is C18H24N2O2. The summed E-state index contributed by atoms with van der Waals surface area (Å²) >= 11 is 0. The van der Waals surface area contributed by atoms with Gasteiger partial charge in [-0.2, -0.15) is 0 Å². The van der Waals surface area contributed by atoms with Crippen LogP contribution in [0.1, 0.15) is 54.9 Å². The van der Waals surface area contributed by atoms with Crippen molar-refractivity contribution in [3.63, 3.8) is 0 Å². The highest BCUT2D eigenvalue weighted by Gasteiger charge is 2.25. The van der Waals surface area contributed by atoms with Crippen LogP contribution in [0.2, 0.25) is 0 Å². The smallest absolute Gasteiger partial charge is 0.253 e. The Morgan fingerprint density at radius 2 is 1.77 bits per heavy atom. The van der Waals surface area contributed by atoms with Gasteiger partial charge >= 0.3 is 0 Å². The molecule has 1 fully saturated rings. The number of hydrogen-bond donors (Lipinski definition) is 0. The van der Waals surface area contributed by atoms with Crippen LogP contribution in [0.3, 0.4) is 0 Å². The Hall–Kier alpha value is -1.84. The van der Waals surface area contributed by atoms with Crippen molar-refractivity contribution in [3.8, 4) is 0 Å². The third-order valence-corrected chi connectivity index (χ3v) is 4.72. The molecular weight excluding hydrogens is 276 g/mol. The predicted octanol–water partition coefficient (Wildman–Crippen LogP) is 3.00. The summed E-state index contributed by atoms with van der Waals surface area (Å²) in [5.41, 5.74) is 2.83. The number of rotatable bonds is 2. The van der Waals surface area contributed by atoms with E-state index in [4.69, 9.17) is 0 Å². The largest absolute Gasteiger partial charge is 0.339 e. The van der Waals surface area contributed by atoms with E-state index in [1.807, 2.05) is 34.9 Å². The minimum absolute atomic E-state index is 0.112. The van der Waals surface area contributed by atoms with Crippen LogP contribution in [-0.2, 0) is 11.2 Å². The molecule has 2 aliphatic rings. The van der Waals surface area contributed by atoms with Crippen LogP contribution >= 0.6 is 0 Å². The summed E-state index contributed by atoms with van der Waals surface area (Å²) in [6.07, 6.45) is 6.01. The number of carbonyl (C=O) groups excluding carboxylic acids is 2. The van der Waals surface area contributed by atoms with E-state index in [9.17, 15) is 9.59 Å². The first-order valence-electron chi connectivity index (χ1n) is 8.43. The monoisotopic (exact) mass is 300 g/mol. The van der Waals surface area contributed by atoms with Gasteiger partial charge < -0.3 is 9.80 Å². The molecule has 118 valence electrons. The van der Waals surface area contributed by atoms with Crippen molar-refractivity contribution in [3.05, 3.63) is 29.3 Å². The number of carbonyl (C=O) groups is 2. The van der Waals surface area contributed by atoms with Crippen LogP contribution in [0.15, 0.2) is 18.2 Å². The van der Waals surface area contributed by atoms with Crippen molar-refractivity contribution >= 4 is 17.5 Å². The standard InChI is InChI=1S/C18H24N2O2/c1-2-17(21)20-12-9-14-7-8-15(13-16(14)20)18(22)19-10-5-3-4-6-11-19/h7-8,13H,2-6,9-12H2,1H3. The zero-order chi connectivity index (χ0) is 15.5. The second-order valence-electron chi connectivity index (χ2n) is 6.20. The Morgan fingerprint density at radius 3 is 2.45 bits per heavy atom. The lowest BCUT2D eigenvalue weighted by Gasteiger charge is -2.22. The van der Waals surface area contributed by atoms with Gasteiger partial charge in [0, 0.05) is 37.3 Å². The van der Waals surface area contributed by atoms with E-state index >= 15 is 0 Å². The second kappa shape index (κ2) is 6.51. The van der Waals surface area contributed by atoms with Gasteiger partial charge in [-0.3, -0.25) is 9.59 Å². The fourth-order valence-corrected chi connectivity index (χ4v) is 3.42. The SMILES string of the molecule is CCC(=O)N1CCc2ccc(C(=O)N3CCCCCC3)cc21. The molecule has 1 aromatic rings. The van der Waals surface area contributed by atoms with Crippen LogP contribution in [0.25, 0.3) is 0 Å². The molecule has 0 atom stereocenters. The van der Waals surface area contributed by atoms with Crippen LogP contribution in [-0.4, -0.2) is 36.3 Å². The number of nitrogens with zero attached hydrogens (tertiary/aromatic N) is 2. The fraction of sp³-hybridized carbons (Fsp3) is 0.556. The summed E-state index contributed by atoms with van der Waals surface area (Å²) in [4.78, 5) is 28.6. The average Bonchev–Trinajstić information content (AvgIpc) is 2.78. The molecule has 22 heavy (non-hydrogen) atoms. The van der Waals surface area contributed by atoms with E-state index < -0.39 is 0 Å². The molecule has 0 unspecified atom stereocenters. The molecule has 4 nitrogen and oxygen atoms in total. The summed E-state index contributed by atoms with van der Waals surface area (Å²) in [7, 11) is 0. The van der Waals surface area contributed by atoms with E-state index in [0.717, 1.165) is 50.1 Å². The average molecular weight is 300 g/mol. The summed E-state index contributed by atoms with van der Waals surface area (Å²) in [5, 5.41) is 0. The fourth-order valence-electron chi connectivity index (χ4n) is 3.42. The Balaban J connectivity index is 1.83. The molecule has 0 aromatic heterocycles. The predicted molar refractivity (Wildman–Crippen MR) is 87.2 cm³/mol. The highest BCUT2D eigenvalue weighted by molar-refractivity contribution is 5.99. The van der Waals surface area contributed by atoms with Gasteiger partial charge in [0.05, 0.1) is 0 Å². The molecule has 2 amide bonds. The zero-order valence-corrected chi connectivity index (χ0v) is 13.3. The van der Waals surface area contributed by atoms with Crippen LogP contribution in [0.5, 0.6) is 0 Å². The van der Waals surface area contributed by atoms with Gasteiger partial charge in [0.15, 0.2) is 0 Å². The summed E-state index contributed by atoms with van der Waals surface area (Å²) < 4.78 is 0. The molecule has 0 spiro atoms. The molecule has 0 bridgehead atoms. The van der Waals surface area contributed by atoms with Crippen molar-refractivity contribution in [1.82, 2.24) is 4.90 Å². The van der Waals surface area contributed by atoms with Crippen molar-refractivity contribution < 1.29 is 9.59 Å².